The van der Waals surface area contributed by atoms with Crippen LogP contribution in [0.15, 0.2) is 12.2 Å². The quantitative estimate of drug-likeness (QED) is 0.558. The smallest absolute Gasteiger partial charge is 0.161 e. The number of ether oxygens (including phenoxy) is 3. The lowest BCUT2D eigenvalue weighted by atomic mass is 9.93. The van der Waals surface area contributed by atoms with E-state index in [1.165, 1.54) is 12.8 Å². The van der Waals surface area contributed by atoms with Gasteiger partial charge in [-0.15, -0.1) is 23.2 Å². The van der Waals surface area contributed by atoms with Crippen LogP contribution in [0.5, 0.6) is 0 Å². The molecule has 2 aliphatic carbocycles. The van der Waals surface area contributed by atoms with Crippen LogP contribution < -0.4 is 0 Å². The monoisotopic (exact) mass is 306 g/mol. The maximum Gasteiger partial charge on any atom is 0.161 e. The molecule has 0 N–H and O–H groups in total. The SMILES string of the molecule is ClC[C@@H](Cl)COC[C@H]1CO[C@@H]([C@H]2C[C@@H]3C=C[C@@H]2C3)O1. The minimum absolute atomic E-state index is 0.0345. The van der Waals surface area contributed by atoms with Crippen molar-refractivity contribution in [1.82, 2.24) is 0 Å². The summed E-state index contributed by atoms with van der Waals surface area (Å²) in [5, 5.41) is -0.129. The average molecular weight is 307 g/mol. The number of hydrogen-bond acceptors (Lipinski definition) is 3. The van der Waals surface area contributed by atoms with E-state index in [2.05, 4.69) is 12.2 Å². The molecule has 2 bridgehead atoms. The van der Waals surface area contributed by atoms with Gasteiger partial charge in [0.25, 0.3) is 0 Å². The van der Waals surface area contributed by atoms with E-state index in [1.54, 1.807) is 0 Å². The molecule has 3 nitrogen and oxygen atoms in total. The molecule has 6 atom stereocenters. The van der Waals surface area contributed by atoms with Crippen LogP contribution in [-0.2, 0) is 14.2 Å². The molecule has 3 aliphatic rings. The summed E-state index contributed by atoms with van der Waals surface area (Å²) in [5.74, 6) is 2.34. The third kappa shape index (κ3) is 3.27. The lowest BCUT2D eigenvalue weighted by molar-refractivity contribution is -0.111. The van der Waals surface area contributed by atoms with E-state index >= 15 is 0 Å². The topological polar surface area (TPSA) is 27.7 Å². The van der Waals surface area contributed by atoms with E-state index in [0.29, 0.717) is 37.5 Å². The van der Waals surface area contributed by atoms with Crippen molar-refractivity contribution < 1.29 is 14.2 Å². The summed E-state index contributed by atoms with van der Waals surface area (Å²) in [4.78, 5) is 0. The van der Waals surface area contributed by atoms with Crippen LogP contribution in [-0.4, -0.2) is 43.5 Å². The lowest BCUT2D eigenvalue weighted by Gasteiger charge is -2.23. The highest BCUT2D eigenvalue weighted by molar-refractivity contribution is 6.28. The van der Waals surface area contributed by atoms with Gasteiger partial charge in [-0.1, -0.05) is 12.2 Å². The van der Waals surface area contributed by atoms with Crippen LogP contribution in [0.25, 0.3) is 0 Å². The Morgan fingerprint density at radius 3 is 2.89 bits per heavy atom. The summed E-state index contributed by atoms with van der Waals surface area (Å²) in [6.07, 6.45) is 7.13. The molecule has 1 saturated heterocycles. The Labute approximate surface area is 124 Å². The first-order chi connectivity index (χ1) is 9.26. The molecule has 0 amide bonds. The van der Waals surface area contributed by atoms with Gasteiger partial charge in [-0.25, -0.2) is 0 Å². The Kier molecular flexibility index (Phi) is 4.70. The molecular weight excluding hydrogens is 287 g/mol. The van der Waals surface area contributed by atoms with E-state index in [-0.39, 0.29) is 17.8 Å². The van der Waals surface area contributed by atoms with Gasteiger partial charge in [0.05, 0.1) is 25.2 Å². The zero-order chi connectivity index (χ0) is 13.2. The molecule has 5 heteroatoms. The zero-order valence-electron chi connectivity index (χ0n) is 10.8. The van der Waals surface area contributed by atoms with Crippen LogP contribution in [0, 0.1) is 17.8 Å². The normalized spacial score (nSPS) is 42.1. The second kappa shape index (κ2) is 6.31. The van der Waals surface area contributed by atoms with Crippen molar-refractivity contribution in [3.05, 3.63) is 12.2 Å². The van der Waals surface area contributed by atoms with Crippen molar-refractivity contribution >= 4 is 23.2 Å². The summed E-state index contributed by atoms with van der Waals surface area (Å²) >= 11 is 11.5. The Morgan fingerprint density at radius 2 is 2.21 bits per heavy atom. The van der Waals surface area contributed by atoms with E-state index < -0.39 is 0 Å². The second-order valence-corrected chi connectivity index (χ2v) is 6.62. The number of allylic oxidation sites excluding steroid dienone is 2. The molecule has 0 radical (unpaired) electrons. The molecule has 0 unspecified atom stereocenters. The molecule has 2 fully saturated rings. The average Bonchev–Trinajstić information content (AvgIpc) is 3.13. The van der Waals surface area contributed by atoms with Crippen LogP contribution in [0.4, 0.5) is 0 Å². The summed E-state index contributed by atoms with van der Waals surface area (Å²) in [5.41, 5.74) is 0. The third-order valence-electron chi connectivity index (χ3n) is 4.22. The highest BCUT2D eigenvalue weighted by Crippen LogP contribution is 2.46. The second-order valence-electron chi connectivity index (χ2n) is 5.69. The zero-order valence-corrected chi connectivity index (χ0v) is 12.4. The fourth-order valence-electron chi connectivity index (χ4n) is 3.29. The van der Waals surface area contributed by atoms with Crippen molar-refractivity contribution in [3.63, 3.8) is 0 Å². The fourth-order valence-corrected chi connectivity index (χ4v) is 3.47. The third-order valence-corrected chi connectivity index (χ3v) is 5.03. The molecule has 3 rings (SSSR count). The van der Waals surface area contributed by atoms with Gasteiger partial charge in [0.2, 0.25) is 0 Å². The number of alkyl halides is 2. The minimum Gasteiger partial charge on any atom is -0.377 e. The highest BCUT2D eigenvalue weighted by atomic mass is 35.5. The molecule has 0 aromatic carbocycles. The Morgan fingerprint density at radius 1 is 1.32 bits per heavy atom. The molecule has 0 aromatic rings. The molecule has 1 aliphatic heterocycles. The van der Waals surface area contributed by atoms with Crippen molar-refractivity contribution in [3.8, 4) is 0 Å². The molecule has 0 spiro atoms. The molecule has 19 heavy (non-hydrogen) atoms. The van der Waals surface area contributed by atoms with E-state index in [0.717, 1.165) is 5.92 Å². The van der Waals surface area contributed by atoms with Gasteiger partial charge in [-0.3, -0.25) is 0 Å². The fraction of sp³-hybridized carbons (Fsp3) is 0.857. The predicted molar refractivity (Wildman–Crippen MR) is 74.6 cm³/mol. The van der Waals surface area contributed by atoms with Crippen molar-refractivity contribution in [2.45, 2.75) is 30.6 Å². The maximum atomic E-state index is 5.96. The maximum absolute atomic E-state index is 5.96. The van der Waals surface area contributed by atoms with Crippen LogP contribution in [0.1, 0.15) is 12.8 Å². The van der Waals surface area contributed by atoms with Gasteiger partial charge in [0.15, 0.2) is 6.29 Å². The van der Waals surface area contributed by atoms with E-state index in [9.17, 15) is 0 Å². The van der Waals surface area contributed by atoms with Crippen LogP contribution >= 0.6 is 23.2 Å². The van der Waals surface area contributed by atoms with Crippen molar-refractivity contribution in [2.75, 3.05) is 25.7 Å². The Hall–Kier alpha value is 0.200. The first-order valence-corrected chi connectivity index (χ1v) is 7.96. The van der Waals surface area contributed by atoms with Crippen molar-refractivity contribution in [1.29, 1.82) is 0 Å². The minimum atomic E-state index is -0.129. The van der Waals surface area contributed by atoms with Gasteiger partial charge in [-0.2, -0.15) is 0 Å². The number of hydrogen-bond donors (Lipinski definition) is 0. The Bertz CT molecular complexity index is 337. The van der Waals surface area contributed by atoms with Crippen LogP contribution in [0.3, 0.4) is 0 Å². The molecule has 1 heterocycles. The Balaban J connectivity index is 1.40. The molecule has 0 aromatic heterocycles. The van der Waals surface area contributed by atoms with Gasteiger partial charge >= 0.3 is 0 Å². The summed E-state index contributed by atoms with van der Waals surface area (Å²) in [6.45, 7) is 1.62. The standard InChI is InChI=1S/C14H20Cl2O3/c15-5-11(16)6-17-7-12-8-18-14(19-12)13-4-9-1-2-10(13)3-9/h1-2,9-14H,3-8H2/t9-,10-,11-,12+,13+,14-/m1/s1. The molecule has 108 valence electrons. The van der Waals surface area contributed by atoms with Gasteiger partial charge in [0, 0.05) is 11.8 Å². The molecular formula is C14H20Cl2O3. The lowest BCUT2D eigenvalue weighted by Crippen LogP contribution is -2.27. The first-order valence-electron chi connectivity index (χ1n) is 6.99. The van der Waals surface area contributed by atoms with Gasteiger partial charge in [-0.05, 0) is 24.7 Å². The van der Waals surface area contributed by atoms with E-state index in [1.807, 2.05) is 0 Å². The predicted octanol–water partition coefficient (Wildman–Crippen LogP) is 2.80. The van der Waals surface area contributed by atoms with Crippen molar-refractivity contribution in [2.24, 2.45) is 17.8 Å². The number of rotatable bonds is 6. The van der Waals surface area contributed by atoms with Gasteiger partial charge in [0.1, 0.15) is 6.10 Å². The largest absolute Gasteiger partial charge is 0.377 e. The summed E-state index contributed by atoms with van der Waals surface area (Å²) < 4.78 is 17.3. The first kappa shape index (κ1) is 14.2. The van der Waals surface area contributed by atoms with Crippen LogP contribution in [0.2, 0.25) is 0 Å². The van der Waals surface area contributed by atoms with E-state index in [4.69, 9.17) is 37.4 Å². The van der Waals surface area contributed by atoms with Gasteiger partial charge < -0.3 is 14.2 Å². The summed E-state index contributed by atoms with van der Waals surface area (Å²) in [6, 6.07) is 0. The molecule has 1 saturated carbocycles. The number of fused-ring (bicyclic) bond motifs is 2. The highest BCUT2D eigenvalue weighted by Gasteiger charge is 2.44. The number of halogens is 2. The summed E-state index contributed by atoms with van der Waals surface area (Å²) in [7, 11) is 0.